The van der Waals surface area contributed by atoms with Crippen LogP contribution in [0.15, 0.2) is 66.9 Å². The molecule has 182 valence electrons. The summed E-state index contributed by atoms with van der Waals surface area (Å²) in [4.78, 5) is 34.4. The number of carbonyl (C=O) groups is 2. The number of anilines is 1. The fourth-order valence-electron chi connectivity index (χ4n) is 4.27. The Kier molecular flexibility index (Phi) is 6.77. The Hall–Kier alpha value is -4.04. The van der Waals surface area contributed by atoms with Gasteiger partial charge < -0.3 is 4.74 Å². The molecule has 1 amide bonds. The molecule has 0 bridgehead atoms. The van der Waals surface area contributed by atoms with Gasteiger partial charge in [-0.2, -0.15) is 5.10 Å². The third-order valence-corrected chi connectivity index (χ3v) is 6.33. The number of rotatable bonds is 6. The highest BCUT2D eigenvalue weighted by molar-refractivity contribution is 6.30. The molecule has 0 fully saturated rings. The first-order chi connectivity index (χ1) is 17.5. The summed E-state index contributed by atoms with van der Waals surface area (Å²) in [6, 6.07) is 18.4. The van der Waals surface area contributed by atoms with Crippen LogP contribution in [0, 0.1) is 5.92 Å². The number of ether oxygens (including phenoxy) is 1. The first-order valence-electron chi connectivity index (χ1n) is 11.8. The number of para-hydroxylation sites is 1. The van der Waals surface area contributed by atoms with E-state index in [-0.39, 0.29) is 23.7 Å². The lowest BCUT2D eigenvalue weighted by molar-refractivity contribution is -0.148. The van der Waals surface area contributed by atoms with E-state index in [0.717, 1.165) is 22.5 Å². The van der Waals surface area contributed by atoms with Crippen LogP contribution in [0.2, 0.25) is 5.02 Å². The summed E-state index contributed by atoms with van der Waals surface area (Å²) in [5.41, 5.74) is 4.30. The van der Waals surface area contributed by atoms with Gasteiger partial charge in [-0.1, -0.05) is 41.9 Å². The Labute approximate surface area is 213 Å². The molecular weight excluding hydrogens is 478 g/mol. The van der Waals surface area contributed by atoms with Gasteiger partial charge in [-0.3, -0.25) is 14.9 Å². The third kappa shape index (κ3) is 4.99. The van der Waals surface area contributed by atoms with Crippen molar-refractivity contribution in [2.75, 3.05) is 11.9 Å². The number of fused-ring (bicyclic) bond motifs is 1. The molecule has 1 aliphatic rings. The number of benzene rings is 2. The van der Waals surface area contributed by atoms with Crippen LogP contribution in [0.25, 0.3) is 16.9 Å². The van der Waals surface area contributed by atoms with Gasteiger partial charge in [-0.25, -0.2) is 14.6 Å². The SMILES string of the molecule is CCOC(=O)C1CCc2nc(NC(=O)c3cc(-c4ccc(Cl)cc4)nn3-c3ccccc3)ncc2C1. The normalized spacial score (nSPS) is 14.7. The summed E-state index contributed by atoms with van der Waals surface area (Å²) in [5, 5.41) is 8.12. The van der Waals surface area contributed by atoms with E-state index in [1.165, 1.54) is 0 Å². The van der Waals surface area contributed by atoms with Crippen molar-refractivity contribution < 1.29 is 14.3 Å². The van der Waals surface area contributed by atoms with Crippen molar-refractivity contribution >= 4 is 29.4 Å². The number of hydrogen-bond donors (Lipinski definition) is 1. The van der Waals surface area contributed by atoms with Crippen molar-refractivity contribution in [3.05, 3.63) is 88.8 Å². The van der Waals surface area contributed by atoms with E-state index in [4.69, 9.17) is 16.3 Å². The van der Waals surface area contributed by atoms with E-state index in [1.54, 1.807) is 36.0 Å². The number of nitrogens with one attached hydrogen (secondary N) is 1. The number of hydrogen-bond acceptors (Lipinski definition) is 6. The molecular formula is C27H24ClN5O3. The number of carbonyl (C=O) groups excluding carboxylic acids is 2. The minimum atomic E-state index is -0.383. The molecule has 0 aliphatic heterocycles. The van der Waals surface area contributed by atoms with Crippen molar-refractivity contribution in [2.45, 2.75) is 26.2 Å². The van der Waals surface area contributed by atoms with Crippen LogP contribution >= 0.6 is 11.6 Å². The second-order valence-electron chi connectivity index (χ2n) is 8.48. The molecule has 36 heavy (non-hydrogen) atoms. The molecule has 1 aliphatic carbocycles. The zero-order valence-electron chi connectivity index (χ0n) is 19.6. The van der Waals surface area contributed by atoms with Gasteiger partial charge in [-0.15, -0.1) is 0 Å². The highest BCUT2D eigenvalue weighted by Crippen LogP contribution is 2.27. The van der Waals surface area contributed by atoms with Crippen molar-refractivity contribution in [3.63, 3.8) is 0 Å². The fraction of sp³-hybridized carbons (Fsp3) is 0.222. The van der Waals surface area contributed by atoms with Gasteiger partial charge in [0.05, 0.1) is 23.9 Å². The average Bonchev–Trinajstić information content (AvgIpc) is 3.35. The van der Waals surface area contributed by atoms with Crippen molar-refractivity contribution in [1.29, 1.82) is 0 Å². The number of amides is 1. The molecule has 0 spiro atoms. The molecule has 1 unspecified atom stereocenters. The number of aromatic nitrogens is 4. The summed E-state index contributed by atoms with van der Waals surface area (Å²) in [6.07, 6.45) is 3.49. The lowest BCUT2D eigenvalue weighted by Gasteiger charge is -2.22. The van der Waals surface area contributed by atoms with Crippen LogP contribution in [-0.4, -0.2) is 38.2 Å². The molecule has 2 aromatic heterocycles. The van der Waals surface area contributed by atoms with E-state index in [0.29, 0.717) is 42.3 Å². The second kappa shape index (κ2) is 10.3. The predicted octanol–water partition coefficient (Wildman–Crippen LogP) is 4.90. The Balaban J connectivity index is 1.41. The second-order valence-corrected chi connectivity index (χ2v) is 8.92. The molecule has 8 nitrogen and oxygen atoms in total. The van der Waals surface area contributed by atoms with Gasteiger partial charge in [0.15, 0.2) is 0 Å². The van der Waals surface area contributed by atoms with Crippen LogP contribution in [-0.2, 0) is 22.4 Å². The third-order valence-electron chi connectivity index (χ3n) is 6.08. The minimum Gasteiger partial charge on any atom is -0.466 e. The lowest BCUT2D eigenvalue weighted by atomic mass is 9.87. The van der Waals surface area contributed by atoms with E-state index in [9.17, 15) is 9.59 Å². The number of nitrogens with zero attached hydrogens (tertiary/aromatic N) is 4. The fourth-order valence-corrected chi connectivity index (χ4v) is 4.39. The van der Waals surface area contributed by atoms with Gasteiger partial charge in [0, 0.05) is 22.5 Å². The number of aryl methyl sites for hydroxylation is 1. The van der Waals surface area contributed by atoms with Gasteiger partial charge in [0.25, 0.3) is 5.91 Å². The lowest BCUT2D eigenvalue weighted by Crippen LogP contribution is -2.26. The van der Waals surface area contributed by atoms with E-state index < -0.39 is 0 Å². The minimum absolute atomic E-state index is 0.187. The average molecular weight is 502 g/mol. The van der Waals surface area contributed by atoms with Crippen LogP contribution < -0.4 is 5.32 Å². The first kappa shape index (κ1) is 23.7. The molecule has 9 heteroatoms. The van der Waals surface area contributed by atoms with Crippen molar-refractivity contribution in [2.24, 2.45) is 5.92 Å². The van der Waals surface area contributed by atoms with E-state index in [1.807, 2.05) is 42.5 Å². The zero-order chi connectivity index (χ0) is 25.1. The summed E-state index contributed by atoms with van der Waals surface area (Å²) in [5.74, 6) is -0.548. The van der Waals surface area contributed by atoms with Crippen LogP contribution in [0.5, 0.6) is 0 Å². The summed E-state index contributed by atoms with van der Waals surface area (Å²) in [6.45, 7) is 2.16. The van der Waals surface area contributed by atoms with Gasteiger partial charge in [-0.05, 0) is 62.1 Å². The highest BCUT2D eigenvalue weighted by atomic mass is 35.5. The quantitative estimate of drug-likeness (QED) is 0.377. The molecule has 1 atom stereocenters. The monoisotopic (exact) mass is 501 g/mol. The van der Waals surface area contributed by atoms with Crippen LogP contribution in [0.4, 0.5) is 5.95 Å². The summed E-state index contributed by atoms with van der Waals surface area (Å²) >= 11 is 6.03. The molecule has 0 saturated carbocycles. The first-order valence-corrected chi connectivity index (χ1v) is 12.1. The molecule has 2 heterocycles. The predicted molar refractivity (Wildman–Crippen MR) is 136 cm³/mol. The summed E-state index contributed by atoms with van der Waals surface area (Å²) in [7, 11) is 0. The van der Waals surface area contributed by atoms with Crippen molar-refractivity contribution in [3.8, 4) is 16.9 Å². The van der Waals surface area contributed by atoms with Gasteiger partial charge >= 0.3 is 5.97 Å². The Morgan fingerprint density at radius 3 is 2.67 bits per heavy atom. The molecule has 4 aromatic rings. The maximum absolute atomic E-state index is 13.4. The Morgan fingerprint density at radius 2 is 1.92 bits per heavy atom. The van der Waals surface area contributed by atoms with Crippen LogP contribution in [0.3, 0.4) is 0 Å². The summed E-state index contributed by atoms with van der Waals surface area (Å²) < 4.78 is 6.76. The molecule has 0 radical (unpaired) electrons. The smallest absolute Gasteiger partial charge is 0.309 e. The van der Waals surface area contributed by atoms with Crippen LogP contribution in [0.1, 0.15) is 35.1 Å². The Morgan fingerprint density at radius 1 is 1.14 bits per heavy atom. The van der Waals surface area contributed by atoms with Gasteiger partial charge in [0.2, 0.25) is 5.95 Å². The largest absolute Gasteiger partial charge is 0.466 e. The Bertz CT molecular complexity index is 1400. The molecule has 5 rings (SSSR count). The topological polar surface area (TPSA) is 99.0 Å². The van der Waals surface area contributed by atoms with E-state index in [2.05, 4.69) is 20.4 Å². The van der Waals surface area contributed by atoms with E-state index >= 15 is 0 Å². The maximum Gasteiger partial charge on any atom is 0.309 e. The number of esters is 1. The highest BCUT2D eigenvalue weighted by Gasteiger charge is 2.27. The maximum atomic E-state index is 13.4. The molecule has 0 saturated heterocycles. The zero-order valence-corrected chi connectivity index (χ0v) is 20.4. The van der Waals surface area contributed by atoms with Gasteiger partial charge in [0.1, 0.15) is 5.69 Å². The molecule has 1 N–H and O–H groups in total. The number of halogens is 1. The van der Waals surface area contributed by atoms with Crippen molar-refractivity contribution in [1.82, 2.24) is 19.7 Å². The standard InChI is InChI=1S/C27H24ClN5O3/c1-2-36-26(35)18-10-13-22-19(14-18)16-29-27(30-22)31-25(34)24-15-23(17-8-11-20(28)12-9-17)32-33(24)21-6-4-3-5-7-21/h3-9,11-12,15-16,18H,2,10,13-14H2,1H3,(H,29,30,31,34). The molecule has 2 aromatic carbocycles.